The van der Waals surface area contributed by atoms with Crippen LogP contribution in [-0.4, -0.2) is 117 Å². The van der Waals surface area contributed by atoms with E-state index in [9.17, 15) is 33.6 Å². The molecule has 0 fully saturated rings. The molecular weight excluding hydrogens is 780 g/mol. The smallest absolute Gasteiger partial charge is 0.320 e. The predicted octanol–water partition coefficient (Wildman–Crippen LogP) is -1.84. The summed E-state index contributed by atoms with van der Waals surface area (Å²) in [5, 5.41) is 52.1. The number of para-hydroxylation sites is 1. The first-order valence-corrected chi connectivity index (χ1v) is 17.3. The number of H-pyrrole nitrogens is 2. The van der Waals surface area contributed by atoms with Crippen LogP contribution in [0.4, 0.5) is 0 Å². The van der Waals surface area contributed by atoms with Crippen LogP contribution in [0.1, 0.15) is 42.5 Å². The van der Waals surface area contributed by atoms with E-state index < -0.39 is 71.9 Å². The van der Waals surface area contributed by atoms with E-state index in [-0.39, 0.29) is 44.3 Å². The predicted molar refractivity (Wildman–Crippen MR) is 211 cm³/mol. The summed E-state index contributed by atoms with van der Waals surface area (Å²) in [6, 6.07) is 9.53. The number of carboxylic acid groups (broad SMARTS) is 5. The van der Waals surface area contributed by atoms with Crippen molar-refractivity contribution in [2.75, 3.05) is 0 Å². The number of phenols is 1. The maximum absolute atomic E-state index is 10.6. The van der Waals surface area contributed by atoms with Crippen molar-refractivity contribution < 1.29 is 64.2 Å². The molecule has 0 aliphatic carbocycles. The number of carbonyl (C=O) groups excluding carboxylic acids is 2. The summed E-state index contributed by atoms with van der Waals surface area (Å²) >= 11 is 0. The number of fused-ring (bicyclic) bond motifs is 1. The van der Waals surface area contributed by atoms with Crippen molar-refractivity contribution in [3.8, 4) is 5.75 Å². The lowest BCUT2D eigenvalue weighted by Crippen LogP contribution is -2.32. The molecular formula is C36H52N10O13. The third-order valence-corrected chi connectivity index (χ3v) is 7.49. The monoisotopic (exact) mass is 832 g/mol. The first kappa shape index (κ1) is 52.1. The van der Waals surface area contributed by atoms with Crippen LogP contribution in [0, 0.1) is 0 Å². The highest BCUT2D eigenvalue weighted by Crippen LogP contribution is 2.18. The Labute approximate surface area is 336 Å². The molecule has 4 aromatic rings. The summed E-state index contributed by atoms with van der Waals surface area (Å²) in [7, 11) is 0. The van der Waals surface area contributed by atoms with E-state index in [1.54, 1.807) is 18.3 Å². The summed E-state index contributed by atoms with van der Waals surface area (Å²) < 4.78 is 0. The summed E-state index contributed by atoms with van der Waals surface area (Å²) in [5.41, 5.74) is 39.2. The highest BCUT2D eigenvalue weighted by Gasteiger charge is 2.15. The van der Waals surface area contributed by atoms with Crippen molar-refractivity contribution in [3.63, 3.8) is 0 Å². The number of carboxylic acids is 5. The lowest BCUT2D eigenvalue weighted by molar-refractivity contribution is -0.139. The molecule has 2 heterocycles. The van der Waals surface area contributed by atoms with E-state index >= 15 is 0 Å². The second-order valence-corrected chi connectivity index (χ2v) is 12.4. The summed E-state index contributed by atoms with van der Waals surface area (Å²) in [6.07, 6.45) is 6.01. The van der Waals surface area contributed by atoms with E-state index in [4.69, 9.17) is 70.8 Å². The number of benzene rings is 2. The Bertz CT molecular complexity index is 1890. The molecule has 2 aromatic heterocycles. The van der Waals surface area contributed by atoms with Gasteiger partial charge < -0.3 is 80.7 Å². The maximum atomic E-state index is 10.6. The van der Waals surface area contributed by atoms with Gasteiger partial charge in [-0.1, -0.05) is 30.3 Å². The number of amides is 2. The van der Waals surface area contributed by atoms with E-state index in [0.29, 0.717) is 6.42 Å². The number of imidazole rings is 1. The number of nitrogens with one attached hydrogen (secondary N) is 2. The number of rotatable bonds is 17. The largest absolute Gasteiger partial charge is 0.508 e. The fourth-order valence-electron chi connectivity index (χ4n) is 4.16. The van der Waals surface area contributed by atoms with Gasteiger partial charge in [0.15, 0.2) is 0 Å². The minimum atomic E-state index is -1.11. The van der Waals surface area contributed by atoms with E-state index in [0.717, 1.165) is 27.7 Å². The summed E-state index contributed by atoms with van der Waals surface area (Å²) in [6.45, 7) is 0. The average molecular weight is 833 g/mol. The quantitative estimate of drug-likeness (QED) is 0.0556. The van der Waals surface area contributed by atoms with Gasteiger partial charge in [0, 0.05) is 54.7 Å². The minimum Gasteiger partial charge on any atom is -0.508 e. The van der Waals surface area contributed by atoms with Crippen LogP contribution >= 0.6 is 0 Å². The zero-order chi connectivity index (χ0) is 45.2. The molecule has 324 valence electrons. The van der Waals surface area contributed by atoms with Gasteiger partial charge in [-0.3, -0.25) is 33.6 Å². The molecule has 0 aliphatic rings. The average Bonchev–Trinajstić information content (AvgIpc) is 3.84. The molecule has 5 unspecified atom stereocenters. The summed E-state index contributed by atoms with van der Waals surface area (Å²) in [4.78, 5) is 81.1. The number of hydrogen-bond donors (Lipinski definition) is 15. The minimum absolute atomic E-state index is 0.0213. The van der Waals surface area contributed by atoms with E-state index in [1.807, 2.05) is 30.5 Å². The molecule has 23 nitrogen and oxygen atoms in total. The zero-order valence-corrected chi connectivity index (χ0v) is 31.7. The number of phenolic OH excluding ortho intramolecular Hbond substituents is 1. The molecule has 22 N–H and O–H groups in total. The van der Waals surface area contributed by atoms with Crippen molar-refractivity contribution in [2.45, 2.75) is 75.2 Å². The van der Waals surface area contributed by atoms with Crippen LogP contribution in [0.25, 0.3) is 10.9 Å². The number of primary amides is 2. The summed E-state index contributed by atoms with van der Waals surface area (Å²) in [5.74, 6) is -6.11. The maximum Gasteiger partial charge on any atom is 0.320 e. The normalized spacial score (nSPS) is 12.6. The van der Waals surface area contributed by atoms with Gasteiger partial charge in [0.25, 0.3) is 0 Å². The Balaban J connectivity index is 0.000000721. The zero-order valence-electron chi connectivity index (χ0n) is 31.7. The Morgan fingerprint density at radius 1 is 0.576 bits per heavy atom. The van der Waals surface area contributed by atoms with Crippen LogP contribution in [0.15, 0.2) is 67.3 Å². The van der Waals surface area contributed by atoms with Crippen LogP contribution in [0.3, 0.4) is 0 Å². The van der Waals surface area contributed by atoms with Crippen LogP contribution in [-0.2, 0) is 52.8 Å². The molecule has 0 radical (unpaired) electrons. The molecule has 0 spiro atoms. The first-order chi connectivity index (χ1) is 27.5. The lowest BCUT2D eigenvalue weighted by Gasteiger charge is -2.05. The molecule has 59 heavy (non-hydrogen) atoms. The SMILES string of the molecule is NC(=O)CCC(N)C(=O)O.NC(=O)CCC(N)C(=O)O.NC(Cc1c[nH]c2ccccc12)C(=O)O.NC(Cc1ccc(O)cc1)C(=O)O.NC(Cc1cnc[nH]1)C(=O)O. The number of nitrogens with zero attached hydrogens (tertiary/aromatic N) is 1. The molecule has 2 aromatic carbocycles. The van der Waals surface area contributed by atoms with Gasteiger partial charge in [-0.25, -0.2) is 4.98 Å². The van der Waals surface area contributed by atoms with Gasteiger partial charge in [-0.05, 0) is 48.6 Å². The molecule has 0 saturated carbocycles. The number of aromatic amines is 2. The van der Waals surface area contributed by atoms with Crippen molar-refractivity contribution in [1.29, 1.82) is 0 Å². The van der Waals surface area contributed by atoms with Gasteiger partial charge in [0.2, 0.25) is 11.8 Å². The second kappa shape index (κ2) is 27.6. The van der Waals surface area contributed by atoms with Gasteiger partial charge >= 0.3 is 29.8 Å². The topological polar surface area (TPSA) is 467 Å². The third kappa shape index (κ3) is 23.7. The van der Waals surface area contributed by atoms with Gasteiger partial charge in [0.05, 0.1) is 6.33 Å². The lowest BCUT2D eigenvalue weighted by atomic mass is 10.1. The Morgan fingerprint density at radius 2 is 1.02 bits per heavy atom. The van der Waals surface area contributed by atoms with Crippen LogP contribution in [0.5, 0.6) is 5.75 Å². The Kier molecular flexibility index (Phi) is 24.4. The van der Waals surface area contributed by atoms with Crippen LogP contribution in [0.2, 0.25) is 0 Å². The van der Waals surface area contributed by atoms with E-state index in [2.05, 4.69) is 15.0 Å². The number of carbonyl (C=O) groups is 7. The molecule has 0 bridgehead atoms. The number of hydrogen-bond acceptors (Lipinski definition) is 14. The second-order valence-electron chi connectivity index (χ2n) is 12.4. The highest BCUT2D eigenvalue weighted by atomic mass is 16.4. The molecule has 0 aliphatic heterocycles. The fraction of sp³-hybridized carbons (Fsp3) is 0.333. The van der Waals surface area contributed by atoms with E-state index in [1.165, 1.54) is 18.5 Å². The third-order valence-electron chi connectivity index (χ3n) is 7.49. The van der Waals surface area contributed by atoms with Crippen molar-refractivity contribution in [1.82, 2.24) is 15.0 Å². The number of aromatic hydroxyl groups is 1. The fourth-order valence-corrected chi connectivity index (χ4v) is 4.16. The Hall–Kier alpha value is -6.92. The van der Waals surface area contributed by atoms with Gasteiger partial charge in [-0.2, -0.15) is 0 Å². The number of nitrogens with two attached hydrogens (primary N) is 7. The molecule has 4 rings (SSSR count). The number of aliphatic carboxylic acids is 5. The van der Waals surface area contributed by atoms with Crippen molar-refractivity contribution in [3.05, 3.63) is 84.1 Å². The molecule has 5 atom stereocenters. The number of aromatic nitrogens is 3. The van der Waals surface area contributed by atoms with Crippen molar-refractivity contribution >= 4 is 52.6 Å². The van der Waals surface area contributed by atoms with Gasteiger partial charge in [-0.15, -0.1) is 0 Å². The Morgan fingerprint density at radius 3 is 1.44 bits per heavy atom. The first-order valence-electron chi connectivity index (χ1n) is 17.3. The standard InChI is InChI=1S/C11H12N2O2.C9H11NO3.C6H9N3O2.2C5H10N2O3/c12-9(11(14)15)5-7-6-13-10-4-2-1-3-8(7)10;10-8(9(12)13)5-6-1-3-7(11)4-2-6;7-5(6(10)11)1-4-2-8-3-9-4;2*6-3(5(9)10)1-2-4(7)8/h1-4,6,9,13H,5,12H2,(H,14,15);1-4,8,11H,5,10H2,(H,12,13);2-3,5H,1,7H2,(H,8,9)(H,10,11);2*3H,1-2,6H2,(H2,7,8)(H,9,10). The van der Waals surface area contributed by atoms with Crippen LogP contribution < -0.4 is 40.1 Å². The molecule has 23 heteroatoms. The molecule has 2 amide bonds. The van der Waals surface area contributed by atoms with Crippen molar-refractivity contribution in [2.24, 2.45) is 40.1 Å². The van der Waals surface area contributed by atoms with Gasteiger partial charge in [0.1, 0.15) is 36.0 Å². The molecule has 0 saturated heterocycles. The highest BCUT2D eigenvalue weighted by molar-refractivity contribution is 5.84.